The first-order valence-electron chi connectivity index (χ1n) is 7.26. The number of allylic oxidation sites excluding steroid dienone is 1. The van der Waals surface area contributed by atoms with E-state index in [2.05, 4.69) is 18.4 Å². The maximum absolute atomic E-state index is 11.6. The first-order chi connectivity index (χ1) is 8.67. The van der Waals surface area contributed by atoms with Crippen molar-refractivity contribution >= 4 is 5.97 Å². The molecule has 3 nitrogen and oxygen atoms in total. The summed E-state index contributed by atoms with van der Waals surface area (Å²) in [7, 11) is 0. The number of rotatable bonds is 9. The van der Waals surface area contributed by atoms with E-state index in [1.807, 2.05) is 6.08 Å². The number of carboxylic acid groups (broad SMARTS) is 1. The fourth-order valence-corrected chi connectivity index (χ4v) is 3.07. The van der Waals surface area contributed by atoms with Crippen LogP contribution in [0.2, 0.25) is 0 Å². The summed E-state index contributed by atoms with van der Waals surface area (Å²) in [5, 5.41) is 9.55. The van der Waals surface area contributed by atoms with Crippen molar-refractivity contribution in [3.05, 3.63) is 12.7 Å². The zero-order chi connectivity index (χ0) is 13.4. The summed E-state index contributed by atoms with van der Waals surface area (Å²) < 4.78 is 0. The van der Waals surface area contributed by atoms with E-state index in [4.69, 9.17) is 0 Å². The Bertz CT molecular complexity index is 278. The smallest absolute Gasteiger partial charge is 0.324 e. The van der Waals surface area contributed by atoms with Crippen LogP contribution in [-0.4, -0.2) is 34.6 Å². The third-order valence-corrected chi connectivity index (χ3v) is 4.02. The van der Waals surface area contributed by atoms with Crippen LogP contribution >= 0.6 is 0 Å². The molecule has 1 fully saturated rings. The molecule has 0 radical (unpaired) electrons. The van der Waals surface area contributed by atoms with Gasteiger partial charge >= 0.3 is 5.97 Å². The van der Waals surface area contributed by atoms with Gasteiger partial charge in [0.05, 0.1) is 0 Å². The van der Waals surface area contributed by atoms with Gasteiger partial charge < -0.3 is 5.11 Å². The van der Waals surface area contributed by atoms with E-state index in [9.17, 15) is 9.90 Å². The van der Waals surface area contributed by atoms with Crippen LogP contribution in [0.4, 0.5) is 0 Å². The van der Waals surface area contributed by atoms with E-state index >= 15 is 0 Å². The summed E-state index contributed by atoms with van der Waals surface area (Å²) in [6, 6.07) is 0. The number of nitrogens with zero attached hydrogens (tertiary/aromatic N) is 1. The van der Waals surface area contributed by atoms with Gasteiger partial charge in [-0.25, -0.2) is 0 Å². The zero-order valence-corrected chi connectivity index (χ0v) is 11.7. The Hall–Kier alpha value is -0.830. The van der Waals surface area contributed by atoms with Crippen LogP contribution in [-0.2, 0) is 4.79 Å². The molecule has 0 aromatic rings. The van der Waals surface area contributed by atoms with Gasteiger partial charge in [-0.2, -0.15) is 0 Å². The van der Waals surface area contributed by atoms with Crippen LogP contribution in [0.3, 0.4) is 0 Å². The lowest BCUT2D eigenvalue weighted by Crippen LogP contribution is -2.50. The van der Waals surface area contributed by atoms with Crippen molar-refractivity contribution in [1.29, 1.82) is 0 Å². The molecule has 0 aromatic heterocycles. The first kappa shape index (κ1) is 15.2. The first-order valence-corrected chi connectivity index (χ1v) is 7.26. The summed E-state index contributed by atoms with van der Waals surface area (Å²) in [6.45, 7) is 7.68. The van der Waals surface area contributed by atoms with Gasteiger partial charge in [0.2, 0.25) is 0 Å². The molecule has 3 heteroatoms. The minimum Gasteiger partial charge on any atom is -0.480 e. The monoisotopic (exact) mass is 253 g/mol. The Morgan fingerprint density at radius 3 is 2.83 bits per heavy atom. The van der Waals surface area contributed by atoms with Crippen molar-refractivity contribution in [2.75, 3.05) is 13.1 Å². The number of likely N-dealkylation sites (tertiary alicyclic amines) is 1. The van der Waals surface area contributed by atoms with Gasteiger partial charge in [0.1, 0.15) is 5.54 Å². The molecule has 1 atom stereocenters. The second-order valence-electron chi connectivity index (χ2n) is 5.32. The average molecular weight is 253 g/mol. The fraction of sp³-hybridized carbons (Fsp3) is 0.800. The maximum Gasteiger partial charge on any atom is 0.324 e. The Kier molecular flexibility index (Phi) is 6.41. The highest BCUT2D eigenvalue weighted by Crippen LogP contribution is 2.34. The van der Waals surface area contributed by atoms with Crippen LogP contribution in [0.15, 0.2) is 12.7 Å². The van der Waals surface area contributed by atoms with E-state index in [1.165, 1.54) is 12.8 Å². The maximum atomic E-state index is 11.6. The minimum atomic E-state index is -0.618. The summed E-state index contributed by atoms with van der Waals surface area (Å²) in [4.78, 5) is 13.8. The minimum absolute atomic E-state index is 0.562. The summed E-state index contributed by atoms with van der Waals surface area (Å²) >= 11 is 0. The van der Waals surface area contributed by atoms with Crippen molar-refractivity contribution in [2.45, 2.75) is 63.8 Å². The van der Waals surface area contributed by atoms with Crippen molar-refractivity contribution in [1.82, 2.24) is 4.90 Å². The number of carboxylic acids is 1. The highest BCUT2D eigenvalue weighted by atomic mass is 16.4. The quantitative estimate of drug-likeness (QED) is 0.505. The van der Waals surface area contributed by atoms with Crippen LogP contribution in [0.25, 0.3) is 0 Å². The number of hydrogen-bond donors (Lipinski definition) is 1. The average Bonchev–Trinajstić information content (AvgIpc) is 2.74. The molecule has 1 aliphatic heterocycles. The van der Waals surface area contributed by atoms with E-state index in [1.54, 1.807) is 0 Å². The van der Waals surface area contributed by atoms with Gasteiger partial charge in [-0.3, -0.25) is 9.69 Å². The number of unbranched alkanes of at least 4 members (excludes halogenated alkanes) is 3. The van der Waals surface area contributed by atoms with E-state index in [0.717, 1.165) is 51.6 Å². The fourth-order valence-electron chi connectivity index (χ4n) is 3.07. The normalized spacial score (nSPS) is 24.3. The van der Waals surface area contributed by atoms with Crippen molar-refractivity contribution < 1.29 is 9.90 Å². The van der Waals surface area contributed by atoms with Crippen molar-refractivity contribution in [2.24, 2.45) is 0 Å². The van der Waals surface area contributed by atoms with Gasteiger partial charge in [-0.15, -0.1) is 6.58 Å². The molecule has 0 bridgehead atoms. The summed E-state index contributed by atoms with van der Waals surface area (Å²) in [5.41, 5.74) is -0.562. The molecule has 1 N–H and O–H groups in total. The molecule has 0 spiro atoms. The van der Waals surface area contributed by atoms with Gasteiger partial charge in [0.15, 0.2) is 0 Å². The third-order valence-electron chi connectivity index (χ3n) is 4.02. The molecular weight excluding hydrogens is 226 g/mol. The summed E-state index contributed by atoms with van der Waals surface area (Å²) in [5.74, 6) is -0.618. The topological polar surface area (TPSA) is 40.5 Å². The lowest BCUT2D eigenvalue weighted by molar-refractivity contribution is -0.150. The molecular formula is C15H27NO2. The molecule has 1 heterocycles. The van der Waals surface area contributed by atoms with E-state index in [0.29, 0.717) is 0 Å². The third kappa shape index (κ3) is 3.58. The molecule has 1 aliphatic rings. The number of hydrogen-bond acceptors (Lipinski definition) is 2. The Morgan fingerprint density at radius 1 is 1.44 bits per heavy atom. The lowest BCUT2D eigenvalue weighted by atomic mass is 9.90. The molecule has 1 rings (SSSR count). The molecule has 0 aliphatic carbocycles. The Labute approximate surface area is 111 Å². The molecule has 1 unspecified atom stereocenters. The molecule has 0 saturated carbocycles. The highest BCUT2D eigenvalue weighted by Gasteiger charge is 2.46. The predicted octanol–water partition coefficient (Wildman–Crippen LogP) is 3.45. The van der Waals surface area contributed by atoms with E-state index < -0.39 is 11.5 Å². The molecule has 0 aromatic carbocycles. The van der Waals surface area contributed by atoms with E-state index in [-0.39, 0.29) is 0 Å². The van der Waals surface area contributed by atoms with Crippen molar-refractivity contribution in [3.63, 3.8) is 0 Å². The van der Waals surface area contributed by atoms with Crippen LogP contribution < -0.4 is 0 Å². The van der Waals surface area contributed by atoms with Gasteiger partial charge in [-0.1, -0.05) is 25.8 Å². The molecule has 0 amide bonds. The Balaban J connectivity index is 2.46. The van der Waals surface area contributed by atoms with Gasteiger partial charge in [0.25, 0.3) is 0 Å². The zero-order valence-electron chi connectivity index (χ0n) is 11.7. The second kappa shape index (κ2) is 7.57. The van der Waals surface area contributed by atoms with Gasteiger partial charge in [-0.05, 0) is 51.6 Å². The van der Waals surface area contributed by atoms with Gasteiger partial charge in [0, 0.05) is 0 Å². The molecule has 104 valence electrons. The van der Waals surface area contributed by atoms with Crippen molar-refractivity contribution in [3.8, 4) is 0 Å². The standard InChI is InChI=1S/C15H27NO2/c1-3-5-6-7-8-12-16-13-9-11-15(16,10-4-2)14(17)18/h3H,1,4-13H2,2H3,(H,17,18). The predicted molar refractivity (Wildman–Crippen MR) is 74.7 cm³/mol. The van der Waals surface area contributed by atoms with Crippen LogP contribution in [0.1, 0.15) is 58.3 Å². The van der Waals surface area contributed by atoms with Crippen LogP contribution in [0, 0.1) is 0 Å². The molecule has 1 saturated heterocycles. The number of carbonyl (C=O) groups is 1. The molecule has 18 heavy (non-hydrogen) atoms. The highest BCUT2D eigenvalue weighted by molar-refractivity contribution is 5.79. The number of aliphatic carboxylic acids is 1. The largest absolute Gasteiger partial charge is 0.480 e. The lowest BCUT2D eigenvalue weighted by Gasteiger charge is -2.34. The SMILES string of the molecule is C=CCCCCCN1CCCC1(CCC)C(=O)O. The summed E-state index contributed by atoms with van der Waals surface area (Å²) in [6.07, 6.45) is 10.0. The second-order valence-corrected chi connectivity index (χ2v) is 5.32. The van der Waals surface area contributed by atoms with Crippen LogP contribution in [0.5, 0.6) is 0 Å². The Morgan fingerprint density at radius 2 is 2.22 bits per heavy atom.